The molecule has 4 heteroatoms. The molecule has 2 rings (SSSR count). The first-order chi connectivity index (χ1) is 9.63. The van der Waals surface area contributed by atoms with Crippen molar-refractivity contribution in [1.82, 2.24) is 10.3 Å². The van der Waals surface area contributed by atoms with Crippen LogP contribution in [-0.2, 0) is 6.54 Å². The second kappa shape index (κ2) is 7.41. The summed E-state index contributed by atoms with van der Waals surface area (Å²) in [5.41, 5.74) is 1.30. The van der Waals surface area contributed by atoms with Gasteiger partial charge >= 0.3 is 0 Å². The van der Waals surface area contributed by atoms with E-state index >= 15 is 0 Å². The van der Waals surface area contributed by atoms with Gasteiger partial charge in [0.2, 0.25) is 0 Å². The third-order valence-corrected chi connectivity index (χ3v) is 5.13. The lowest BCUT2D eigenvalue weighted by Gasteiger charge is -2.33. The number of hydrogen-bond acceptors (Lipinski definition) is 4. The summed E-state index contributed by atoms with van der Waals surface area (Å²) in [6.07, 6.45) is 5.17. The van der Waals surface area contributed by atoms with Crippen molar-refractivity contribution in [2.24, 2.45) is 0 Å². The first-order valence-electron chi connectivity index (χ1n) is 8.10. The van der Waals surface area contributed by atoms with Crippen LogP contribution < -0.4 is 10.2 Å². The van der Waals surface area contributed by atoms with E-state index in [0.29, 0.717) is 12.0 Å². The first kappa shape index (κ1) is 15.8. The molecule has 1 aromatic rings. The van der Waals surface area contributed by atoms with Gasteiger partial charge in [-0.1, -0.05) is 20.8 Å². The maximum absolute atomic E-state index is 4.97. The maximum Gasteiger partial charge on any atom is 0.186 e. The molecule has 1 atom stereocenters. The van der Waals surface area contributed by atoms with Crippen molar-refractivity contribution >= 4 is 16.5 Å². The molecule has 3 nitrogen and oxygen atoms in total. The molecule has 1 N–H and O–H groups in total. The van der Waals surface area contributed by atoms with Crippen molar-refractivity contribution in [2.75, 3.05) is 18.0 Å². The fraction of sp³-hybridized carbons (Fsp3) is 0.812. The summed E-state index contributed by atoms with van der Waals surface area (Å²) in [5.74, 6) is 0.513. The van der Waals surface area contributed by atoms with E-state index in [2.05, 4.69) is 37.9 Å². The zero-order valence-corrected chi connectivity index (χ0v) is 14.2. The molecule has 0 spiro atoms. The van der Waals surface area contributed by atoms with E-state index in [1.54, 1.807) is 0 Å². The van der Waals surface area contributed by atoms with Crippen molar-refractivity contribution in [3.63, 3.8) is 0 Å². The molecule has 1 unspecified atom stereocenters. The molecule has 2 heterocycles. The van der Waals surface area contributed by atoms with Crippen LogP contribution in [0.15, 0.2) is 0 Å². The Morgan fingerprint density at radius 1 is 1.40 bits per heavy atom. The van der Waals surface area contributed by atoms with E-state index in [-0.39, 0.29) is 0 Å². The Labute approximate surface area is 127 Å². The summed E-state index contributed by atoms with van der Waals surface area (Å²) in [7, 11) is 0. The van der Waals surface area contributed by atoms with Crippen LogP contribution in [0.5, 0.6) is 0 Å². The zero-order chi connectivity index (χ0) is 14.5. The first-order valence-corrected chi connectivity index (χ1v) is 8.92. The Bertz CT molecular complexity index is 414. The van der Waals surface area contributed by atoms with E-state index in [1.165, 1.54) is 47.9 Å². The van der Waals surface area contributed by atoms with Crippen LogP contribution >= 0.6 is 11.3 Å². The van der Waals surface area contributed by atoms with Crippen LogP contribution in [-0.4, -0.2) is 24.1 Å². The third-order valence-electron chi connectivity index (χ3n) is 4.02. The van der Waals surface area contributed by atoms with Gasteiger partial charge in [-0.3, -0.25) is 0 Å². The minimum atomic E-state index is 0.513. The van der Waals surface area contributed by atoms with Crippen molar-refractivity contribution in [1.29, 1.82) is 0 Å². The van der Waals surface area contributed by atoms with Gasteiger partial charge in [-0.2, -0.15) is 0 Å². The minimum Gasteiger partial charge on any atom is -0.345 e. The summed E-state index contributed by atoms with van der Waals surface area (Å²) < 4.78 is 0. The van der Waals surface area contributed by atoms with Gasteiger partial charge in [0.25, 0.3) is 0 Å². The quantitative estimate of drug-likeness (QED) is 0.799. The van der Waals surface area contributed by atoms with Gasteiger partial charge < -0.3 is 10.2 Å². The Morgan fingerprint density at radius 2 is 2.20 bits per heavy atom. The van der Waals surface area contributed by atoms with Gasteiger partial charge in [0.15, 0.2) is 5.13 Å². The Hall–Kier alpha value is -0.610. The molecule has 0 radical (unpaired) electrons. The van der Waals surface area contributed by atoms with Crippen molar-refractivity contribution < 1.29 is 0 Å². The van der Waals surface area contributed by atoms with Gasteiger partial charge in [-0.05, 0) is 45.1 Å². The van der Waals surface area contributed by atoms with Crippen LogP contribution in [0.1, 0.15) is 69.9 Å². The topological polar surface area (TPSA) is 28.2 Å². The molecule has 0 saturated carbocycles. The third kappa shape index (κ3) is 3.73. The molecule has 1 fully saturated rings. The standard InChI is InChI=1S/C16H29N3S/c1-5-9-17-11-14-15(12(2)3)18-16(20-14)19-10-7-6-8-13(19)4/h12-13,17H,5-11H2,1-4H3. The number of hydrogen-bond donors (Lipinski definition) is 1. The lowest BCUT2D eigenvalue weighted by molar-refractivity contribution is 0.483. The lowest BCUT2D eigenvalue weighted by atomic mass is 10.0. The van der Waals surface area contributed by atoms with Gasteiger partial charge in [-0.15, -0.1) is 11.3 Å². The molecule has 0 aromatic carbocycles. The van der Waals surface area contributed by atoms with E-state index in [1.807, 2.05) is 11.3 Å². The van der Waals surface area contributed by atoms with E-state index in [4.69, 9.17) is 4.98 Å². The number of nitrogens with zero attached hydrogens (tertiary/aromatic N) is 2. The zero-order valence-electron chi connectivity index (χ0n) is 13.4. The Balaban J connectivity index is 2.15. The predicted octanol–water partition coefficient (Wildman–Crippen LogP) is 4.14. The normalized spacial score (nSPS) is 19.9. The largest absolute Gasteiger partial charge is 0.345 e. The second-order valence-corrected chi connectivity index (χ2v) is 7.24. The number of anilines is 1. The summed E-state index contributed by atoms with van der Waals surface area (Å²) >= 11 is 1.90. The SMILES string of the molecule is CCCNCc1sc(N2CCCCC2C)nc1C(C)C. The maximum atomic E-state index is 4.97. The van der Waals surface area contributed by atoms with E-state index in [9.17, 15) is 0 Å². The van der Waals surface area contributed by atoms with Gasteiger partial charge in [0.1, 0.15) is 0 Å². The van der Waals surface area contributed by atoms with Crippen molar-refractivity contribution in [2.45, 2.75) is 71.9 Å². The number of aromatic nitrogens is 1. The van der Waals surface area contributed by atoms with Gasteiger partial charge in [0.05, 0.1) is 5.69 Å². The highest BCUT2D eigenvalue weighted by molar-refractivity contribution is 7.15. The summed E-state index contributed by atoms with van der Waals surface area (Å²) in [6.45, 7) is 12.3. The highest BCUT2D eigenvalue weighted by Crippen LogP contribution is 2.33. The summed E-state index contributed by atoms with van der Waals surface area (Å²) in [5, 5.41) is 4.77. The molecule has 114 valence electrons. The second-order valence-electron chi connectivity index (χ2n) is 6.17. The molecular formula is C16H29N3S. The van der Waals surface area contributed by atoms with E-state index < -0.39 is 0 Å². The van der Waals surface area contributed by atoms with Gasteiger partial charge in [-0.25, -0.2) is 4.98 Å². The molecule has 0 aliphatic carbocycles. The van der Waals surface area contributed by atoms with E-state index in [0.717, 1.165) is 13.1 Å². The average Bonchev–Trinajstić information content (AvgIpc) is 2.84. The fourth-order valence-electron chi connectivity index (χ4n) is 2.81. The van der Waals surface area contributed by atoms with Gasteiger partial charge in [0, 0.05) is 24.0 Å². The average molecular weight is 295 g/mol. The van der Waals surface area contributed by atoms with Crippen LogP contribution in [0, 0.1) is 0 Å². The minimum absolute atomic E-state index is 0.513. The summed E-state index contributed by atoms with van der Waals surface area (Å²) in [4.78, 5) is 8.92. The molecule has 20 heavy (non-hydrogen) atoms. The highest BCUT2D eigenvalue weighted by atomic mass is 32.1. The Morgan fingerprint density at radius 3 is 2.85 bits per heavy atom. The number of piperidine rings is 1. The summed E-state index contributed by atoms with van der Waals surface area (Å²) in [6, 6.07) is 0.645. The molecule has 0 bridgehead atoms. The molecule has 1 aromatic heterocycles. The molecular weight excluding hydrogens is 266 g/mol. The molecule has 1 aliphatic heterocycles. The Kier molecular flexibility index (Phi) is 5.85. The predicted molar refractivity (Wildman–Crippen MR) is 88.9 cm³/mol. The van der Waals surface area contributed by atoms with Crippen LogP contribution in [0.2, 0.25) is 0 Å². The molecule has 1 saturated heterocycles. The van der Waals surface area contributed by atoms with Crippen molar-refractivity contribution in [3.05, 3.63) is 10.6 Å². The van der Waals surface area contributed by atoms with Crippen LogP contribution in [0.25, 0.3) is 0 Å². The number of thiazole rings is 1. The number of nitrogens with one attached hydrogen (secondary N) is 1. The highest BCUT2D eigenvalue weighted by Gasteiger charge is 2.23. The number of rotatable bonds is 6. The lowest BCUT2D eigenvalue weighted by Crippen LogP contribution is -2.37. The van der Waals surface area contributed by atoms with Crippen molar-refractivity contribution in [3.8, 4) is 0 Å². The molecule has 0 amide bonds. The molecule has 1 aliphatic rings. The monoisotopic (exact) mass is 295 g/mol. The van der Waals surface area contributed by atoms with Crippen LogP contribution in [0.4, 0.5) is 5.13 Å². The fourth-order valence-corrected chi connectivity index (χ4v) is 4.13. The smallest absolute Gasteiger partial charge is 0.186 e. The van der Waals surface area contributed by atoms with Crippen LogP contribution in [0.3, 0.4) is 0 Å².